The summed E-state index contributed by atoms with van der Waals surface area (Å²) in [6.07, 6.45) is 1.53. The van der Waals surface area contributed by atoms with Gasteiger partial charge >= 0.3 is 6.09 Å². The molecule has 1 aliphatic heterocycles. The second kappa shape index (κ2) is 11.2. The molecule has 4 rings (SSSR count). The van der Waals surface area contributed by atoms with Gasteiger partial charge in [-0.25, -0.2) is 9.18 Å². The quantitative estimate of drug-likeness (QED) is 0.433. The standard InChI is InChI=1S/C28H31FN2O3/c1-33-25-12-13-27(31(28(32)34-2)20-21-6-4-3-5-7-21)26(18-25)23-14-16-30(17-15-23)19-22-8-10-24(29)11-9-22/h3-13,18,23H,14-17,19-20H2,1-2H3. The summed E-state index contributed by atoms with van der Waals surface area (Å²) in [5.74, 6) is 0.855. The highest BCUT2D eigenvalue weighted by molar-refractivity contribution is 5.89. The smallest absolute Gasteiger partial charge is 0.414 e. The molecule has 3 aromatic rings. The van der Waals surface area contributed by atoms with Gasteiger partial charge in [-0.05, 0) is 78.9 Å². The third-order valence-corrected chi connectivity index (χ3v) is 6.45. The molecule has 0 saturated carbocycles. The number of hydrogen-bond donors (Lipinski definition) is 0. The first-order valence-corrected chi connectivity index (χ1v) is 11.6. The Morgan fingerprint density at radius 3 is 2.32 bits per heavy atom. The van der Waals surface area contributed by atoms with Crippen molar-refractivity contribution in [2.75, 3.05) is 32.2 Å². The summed E-state index contributed by atoms with van der Waals surface area (Å²) < 4.78 is 23.9. The van der Waals surface area contributed by atoms with Crippen molar-refractivity contribution in [1.82, 2.24) is 4.90 Å². The predicted octanol–water partition coefficient (Wildman–Crippen LogP) is 5.99. The molecule has 0 bridgehead atoms. The van der Waals surface area contributed by atoms with Gasteiger partial charge in [0, 0.05) is 6.54 Å². The van der Waals surface area contributed by atoms with Crippen LogP contribution >= 0.6 is 0 Å². The van der Waals surface area contributed by atoms with Crippen LogP contribution in [0.15, 0.2) is 72.8 Å². The summed E-state index contributed by atoms with van der Waals surface area (Å²) in [5, 5.41) is 0. The summed E-state index contributed by atoms with van der Waals surface area (Å²) >= 11 is 0. The Balaban J connectivity index is 1.55. The van der Waals surface area contributed by atoms with Crippen LogP contribution in [-0.2, 0) is 17.8 Å². The molecule has 1 fully saturated rings. The van der Waals surface area contributed by atoms with Gasteiger partial charge in [-0.15, -0.1) is 0 Å². The van der Waals surface area contributed by atoms with Gasteiger partial charge in [0.1, 0.15) is 11.6 Å². The summed E-state index contributed by atoms with van der Waals surface area (Å²) in [4.78, 5) is 16.9. The van der Waals surface area contributed by atoms with Crippen molar-refractivity contribution in [3.05, 3.63) is 95.3 Å². The maximum absolute atomic E-state index is 13.2. The van der Waals surface area contributed by atoms with Gasteiger partial charge in [-0.3, -0.25) is 9.80 Å². The third-order valence-electron chi connectivity index (χ3n) is 6.45. The topological polar surface area (TPSA) is 42.0 Å². The van der Waals surface area contributed by atoms with E-state index < -0.39 is 0 Å². The van der Waals surface area contributed by atoms with Crippen molar-refractivity contribution >= 4 is 11.8 Å². The van der Waals surface area contributed by atoms with E-state index in [0.717, 1.165) is 60.6 Å². The molecular weight excluding hydrogens is 431 g/mol. The van der Waals surface area contributed by atoms with Crippen molar-refractivity contribution in [3.63, 3.8) is 0 Å². The number of rotatable bonds is 7. The molecule has 1 amide bonds. The van der Waals surface area contributed by atoms with Crippen LogP contribution in [0.2, 0.25) is 0 Å². The first kappa shape index (κ1) is 23.8. The Kier molecular flexibility index (Phi) is 7.80. The SMILES string of the molecule is COC(=O)N(Cc1ccccc1)c1ccc(OC)cc1C1CCN(Cc2ccc(F)cc2)CC1. The lowest BCUT2D eigenvalue weighted by Gasteiger charge is -2.34. The number of hydrogen-bond acceptors (Lipinski definition) is 4. The van der Waals surface area contributed by atoms with Crippen LogP contribution < -0.4 is 9.64 Å². The number of nitrogens with zero attached hydrogens (tertiary/aromatic N) is 2. The number of anilines is 1. The number of piperidine rings is 1. The first-order valence-electron chi connectivity index (χ1n) is 11.6. The zero-order valence-corrected chi connectivity index (χ0v) is 19.7. The molecule has 178 valence electrons. The van der Waals surface area contributed by atoms with E-state index in [1.165, 1.54) is 19.2 Å². The van der Waals surface area contributed by atoms with Crippen LogP contribution in [0.4, 0.5) is 14.9 Å². The minimum Gasteiger partial charge on any atom is -0.497 e. The average Bonchev–Trinajstić information content (AvgIpc) is 2.89. The van der Waals surface area contributed by atoms with Crippen molar-refractivity contribution < 1.29 is 18.7 Å². The van der Waals surface area contributed by atoms with Crippen LogP contribution in [0, 0.1) is 5.82 Å². The number of likely N-dealkylation sites (tertiary alicyclic amines) is 1. The van der Waals surface area contributed by atoms with Crippen molar-refractivity contribution in [3.8, 4) is 5.75 Å². The maximum atomic E-state index is 13.2. The summed E-state index contributed by atoms with van der Waals surface area (Å²) in [7, 11) is 3.07. The number of halogens is 1. The fourth-order valence-electron chi connectivity index (χ4n) is 4.61. The van der Waals surface area contributed by atoms with Gasteiger partial charge < -0.3 is 9.47 Å². The van der Waals surface area contributed by atoms with Crippen LogP contribution in [0.1, 0.15) is 35.4 Å². The molecule has 0 aromatic heterocycles. The van der Waals surface area contributed by atoms with E-state index in [4.69, 9.17) is 9.47 Å². The third kappa shape index (κ3) is 5.75. The fraction of sp³-hybridized carbons (Fsp3) is 0.321. The molecule has 6 heteroatoms. The number of ether oxygens (including phenoxy) is 2. The normalized spacial score (nSPS) is 14.6. The summed E-state index contributed by atoms with van der Waals surface area (Å²) in [6.45, 7) is 3.09. The van der Waals surface area contributed by atoms with Crippen molar-refractivity contribution in [2.24, 2.45) is 0 Å². The van der Waals surface area contributed by atoms with Crippen LogP contribution in [0.3, 0.4) is 0 Å². The van der Waals surface area contributed by atoms with E-state index in [2.05, 4.69) is 11.0 Å². The largest absolute Gasteiger partial charge is 0.497 e. The van der Waals surface area contributed by atoms with E-state index >= 15 is 0 Å². The van der Waals surface area contributed by atoms with Crippen LogP contribution in [0.25, 0.3) is 0 Å². The second-order valence-electron chi connectivity index (χ2n) is 8.64. The molecule has 34 heavy (non-hydrogen) atoms. The van der Waals surface area contributed by atoms with Gasteiger partial charge in [0.25, 0.3) is 0 Å². The van der Waals surface area contributed by atoms with E-state index in [-0.39, 0.29) is 17.8 Å². The lowest BCUT2D eigenvalue weighted by Crippen LogP contribution is -2.34. The molecular formula is C28H31FN2O3. The van der Waals surface area contributed by atoms with Crippen LogP contribution in [0.5, 0.6) is 5.75 Å². The van der Waals surface area contributed by atoms with Gasteiger partial charge in [0.05, 0.1) is 26.5 Å². The second-order valence-corrected chi connectivity index (χ2v) is 8.64. The summed E-state index contributed by atoms with van der Waals surface area (Å²) in [5.41, 5.74) is 4.10. The molecule has 3 aromatic carbocycles. The number of carbonyl (C=O) groups excluding carboxylic acids is 1. The molecule has 0 atom stereocenters. The molecule has 5 nitrogen and oxygen atoms in total. The number of amides is 1. The fourth-order valence-corrected chi connectivity index (χ4v) is 4.61. The minimum absolute atomic E-state index is 0.210. The van der Waals surface area contributed by atoms with Gasteiger partial charge in [0.2, 0.25) is 0 Å². The Bertz CT molecular complexity index is 1080. The lowest BCUT2D eigenvalue weighted by atomic mass is 9.87. The highest BCUT2D eigenvalue weighted by Gasteiger charge is 2.27. The average molecular weight is 463 g/mol. The molecule has 0 aliphatic carbocycles. The molecule has 0 spiro atoms. The Morgan fingerprint density at radius 1 is 0.971 bits per heavy atom. The number of carbonyl (C=O) groups is 1. The molecule has 0 radical (unpaired) electrons. The van der Waals surface area contributed by atoms with Crippen molar-refractivity contribution in [2.45, 2.75) is 31.8 Å². The lowest BCUT2D eigenvalue weighted by molar-refractivity contribution is 0.178. The Labute approximate surface area is 200 Å². The van der Waals surface area contributed by atoms with Crippen molar-refractivity contribution in [1.29, 1.82) is 0 Å². The van der Waals surface area contributed by atoms with Crippen LogP contribution in [-0.4, -0.2) is 38.3 Å². The van der Waals surface area contributed by atoms with Gasteiger partial charge in [0.15, 0.2) is 0 Å². The zero-order valence-electron chi connectivity index (χ0n) is 19.7. The Morgan fingerprint density at radius 2 is 1.68 bits per heavy atom. The molecule has 1 saturated heterocycles. The zero-order chi connectivity index (χ0) is 23.9. The number of benzene rings is 3. The van der Waals surface area contributed by atoms with Gasteiger partial charge in [-0.2, -0.15) is 0 Å². The molecule has 0 unspecified atom stereocenters. The first-order chi connectivity index (χ1) is 16.6. The minimum atomic E-state index is -0.385. The monoisotopic (exact) mass is 462 g/mol. The summed E-state index contributed by atoms with van der Waals surface area (Å²) in [6, 6.07) is 22.5. The Hall–Kier alpha value is -3.38. The van der Waals surface area contributed by atoms with E-state index in [0.29, 0.717) is 6.54 Å². The van der Waals surface area contributed by atoms with E-state index in [1.807, 2.05) is 54.6 Å². The molecule has 1 aliphatic rings. The van der Waals surface area contributed by atoms with E-state index in [1.54, 1.807) is 12.0 Å². The highest BCUT2D eigenvalue weighted by atomic mass is 19.1. The highest BCUT2D eigenvalue weighted by Crippen LogP contribution is 2.38. The molecule has 1 heterocycles. The van der Waals surface area contributed by atoms with Gasteiger partial charge in [-0.1, -0.05) is 42.5 Å². The molecule has 0 N–H and O–H groups in total. The number of methoxy groups -OCH3 is 2. The predicted molar refractivity (Wildman–Crippen MR) is 132 cm³/mol. The van der Waals surface area contributed by atoms with E-state index in [9.17, 15) is 9.18 Å². The maximum Gasteiger partial charge on any atom is 0.414 e.